The van der Waals surface area contributed by atoms with Crippen LogP contribution in [0.5, 0.6) is 0 Å². The molecule has 1 aromatic rings. The minimum atomic E-state index is -0.313. The second kappa shape index (κ2) is 6.23. The van der Waals surface area contributed by atoms with Gasteiger partial charge in [-0.25, -0.2) is 4.39 Å². The minimum Gasteiger partial charge on any atom is -0.349 e. The van der Waals surface area contributed by atoms with Crippen LogP contribution in [0, 0.1) is 5.82 Å². The van der Waals surface area contributed by atoms with Gasteiger partial charge in [-0.05, 0) is 26.0 Å². The molecular formula is C12H17FN2O. The van der Waals surface area contributed by atoms with Gasteiger partial charge in [-0.15, -0.1) is 0 Å². The van der Waals surface area contributed by atoms with E-state index in [-0.39, 0.29) is 17.8 Å². The number of hydrogen-bond acceptors (Lipinski definition) is 2. The third-order valence-electron chi connectivity index (χ3n) is 2.36. The van der Waals surface area contributed by atoms with E-state index < -0.39 is 0 Å². The molecule has 0 saturated carbocycles. The molecule has 0 aliphatic heterocycles. The van der Waals surface area contributed by atoms with E-state index in [1.54, 1.807) is 25.1 Å². The first-order valence-electron chi connectivity index (χ1n) is 5.39. The Balaban J connectivity index is 2.55. The van der Waals surface area contributed by atoms with Crippen molar-refractivity contribution < 1.29 is 9.18 Å². The molecule has 0 radical (unpaired) electrons. The first-order chi connectivity index (χ1) is 7.65. The topological polar surface area (TPSA) is 55.1 Å². The average molecular weight is 224 g/mol. The van der Waals surface area contributed by atoms with Crippen LogP contribution in [-0.2, 0) is 4.79 Å². The third-order valence-corrected chi connectivity index (χ3v) is 2.36. The molecule has 3 nitrogen and oxygen atoms in total. The molecule has 0 bridgehead atoms. The van der Waals surface area contributed by atoms with Gasteiger partial charge in [-0.1, -0.05) is 18.2 Å². The number of rotatable bonds is 5. The largest absolute Gasteiger partial charge is 0.349 e. The van der Waals surface area contributed by atoms with E-state index in [0.717, 1.165) is 0 Å². The summed E-state index contributed by atoms with van der Waals surface area (Å²) in [6, 6.07) is 6.12. The molecule has 0 aromatic heterocycles. The fraction of sp³-hybridized carbons (Fsp3) is 0.417. The van der Waals surface area contributed by atoms with Crippen LogP contribution in [0.15, 0.2) is 24.3 Å². The summed E-state index contributed by atoms with van der Waals surface area (Å²) in [4.78, 5) is 11.4. The van der Waals surface area contributed by atoms with E-state index >= 15 is 0 Å². The van der Waals surface area contributed by atoms with Crippen molar-refractivity contribution >= 4 is 5.91 Å². The summed E-state index contributed by atoms with van der Waals surface area (Å²) >= 11 is 0. The molecule has 0 saturated heterocycles. The standard InChI is InChI=1S/C12H17FN2O/c1-9(15-12(16)7-4-8-14)10-5-2-3-6-11(10)13/h2-3,5-6,9H,4,7-8,14H2,1H3,(H,15,16)/t9-/m1/s1. The maximum atomic E-state index is 13.4. The third kappa shape index (κ3) is 3.62. The zero-order valence-electron chi connectivity index (χ0n) is 9.37. The number of hydrogen-bond donors (Lipinski definition) is 2. The highest BCUT2D eigenvalue weighted by molar-refractivity contribution is 5.76. The number of carbonyl (C=O) groups is 1. The van der Waals surface area contributed by atoms with Gasteiger partial charge in [0.1, 0.15) is 5.82 Å². The monoisotopic (exact) mass is 224 g/mol. The molecule has 4 heteroatoms. The lowest BCUT2D eigenvalue weighted by molar-refractivity contribution is -0.121. The summed E-state index contributed by atoms with van der Waals surface area (Å²) in [5.41, 5.74) is 5.81. The quantitative estimate of drug-likeness (QED) is 0.800. The van der Waals surface area contributed by atoms with Crippen molar-refractivity contribution in [3.63, 3.8) is 0 Å². The number of amides is 1. The molecule has 1 rings (SSSR count). The van der Waals surface area contributed by atoms with Gasteiger partial charge in [0.25, 0.3) is 0 Å². The first-order valence-corrected chi connectivity index (χ1v) is 5.39. The number of nitrogens with two attached hydrogens (primary N) is 1. The molecular weight excluding hydrogens is 207 g/mol. The number of halogens is 1. The van der Waals surface area contributed by atoms with Gasteiger partial charge in [0.05, 0.1) is 6.04 Å². The summed E-state index contributed by atoms with van der Waals surface area (Å²) in [5, 5.41) is 2.74. The average Bonchev–Trinajstić information content (AvgIpc) is 2.26. The minimum absolute atomic E-state index is 0.0961. The molecule has 1 aromatic carbocycles. The van der Waals surface area contributed by atoms with Crippen LogP contribution in [0.25, 0.3) is 0 Å². The molecule has 1 amide bonds. The second-order valence-corrected chi connectivity index (χ2v) is 3.70. The lowest BCUT2D eigenvalue weighted by Gasteiger charge is -2.14. The molecule has 0 unspecified atom stereocenters. The highest BCUT2D eigenvalue weighted by Crippen LogP contribution is 2.15. The fourth-order valence-corrected chi connectivity index (χ4v) is 1.48. The molecule has 1 atom stereocenters. The highest BCUT2D eigenvalue weighted by atomic mass is 19.1. The molecule has 0 fully saturated rings. The van der Waals surface area contributed by atoms with Crippen LogP contribution < -0.4 is 11.1 Å². The Bertz CT molecular complexity index is 355. The predicted octanol–water partition coefficient (Wildman–Crippen LogP) is 1.74. The van der Waals surface area contributed by atoms with Crippen LogP contribution in [-0.4, -0.2) is 12.5 Å². The molecule has 0 aliphatic carbocycles. The van der Waals surface area contributed by atoms with Crippen LogP contribution >= 0.6 is 0 Å². The van der Waals surface area contributed by atoms with E-state index in [4.69, 9.17) is 5.73 Å². The van der Waals surface area contributed by atoms with Gasteiger partial charge in [-0.2, -0.15) is 0 Å². The van der Waals surface area contributed by atoms with Crippen molar-refractivity contribution in [2.45, 2.75) is 25.8 Å². The van der Waals surface area contributed by atoms with Crippen LogP contribution in [0.4, 0.5) is 4.39 Å². The van der Waals surface area contributed by atoms with E-state index in [2.05, 4.69) is 5.32 Å². The van der Waals surface area contributed by atoms with Crippen molar-refractivity contribution in [2.24, 2.45) is 5.73 Å². The second-order valence-electron chi connectivity index (χ2n) is 3.70. The Morgan fingerprint density at radius 1 is 1.50 bits per heavy atom. The fourth-order valence-electron chi connectivity index (χ4n) is 1.48. The van der Waals surface area contributed by atoms with Gasteiger partial charge in [0.2, 0.25) is 5.91 Å². The number of nitrogens with one attached hydrogen (secondary N) is 1. The van der Waals surface area contributed by atoms with E-state index in [1.165, 1.54) is 6.07 Å². The molecule has 3 N–H and O–H groups in total. The molecule has 0 heterocycles. The maximum Gasteiger partial charge on any atom is 0.220 e. The first kappa shape index (κ1) is 12.6. The summed E-state index contributed by atoms with van der Waals surface area (Å²) in [6.07, 6.45) is 1.03. The molecule has 0 spiro atoms. The van der Waals surface area contributed by atoms with Crippen molar-refractivity contribution in [3.05, 3.63) is 35.6 Å². The highest BCUT2D eigenvalue weighted by Gasteiger charge is 2.12. The SMILES string of the molecule is C[C@@H](NC(=O)CCCN)c1ccccc1F. The zero-order chi connectivity index (χ0) is 12.0. The lowest BCUT2D eigenvalue weighted by atomic mass is 10.1. The summed E-state index contributed by atoms with van der Waals surface area (Å²) in [5.74, 6) is -0.393. The zero-order valence-corrected chi connectivity index (χ0v) is 9.37. The van der Waals surface area contributed by atoms with Crippen LogP contribution in [0.1, 0.15) is 31.4 Å². The van der Waals surface area contributed by atoms with Crippen molar-refractivity contribution in [1.29, 1.82) is 0 Å². The normalized spacial score (nSPS) is 12.2. The van der Waals surface area contributed by atoms with Gasteiger partial charge in [0.15, 0.2) is 0 Å². The number of carbonyl (C=O) groups excluding carboxylic acids is 1. The van der Waals surface area contributed by atoms with E-state index in [0.29, 0.717) is 24.9 Å². The van der Waals surface area contributed by atoms with Gasteiger partial charge < -0.3 is 11.1 Å². The molecule has 16 heavy (non-hydrogen) atoms. The maximum absolute atomic E-state index is 13.4. The van der Waals surface area contributed by atoms with E-state index in [1.807, 2.05) is 0 Å². The Morgan fingerprint density at radius 3 is 2.81 bits per heavy atom. The predicted molar refractivity (Wildman–Crippen MR) is 61.2 cm³/mol. The van der Waals surface area contributed by atoms with Crippen LogP contribution in [0.3, 0.4) is 0 Å². The van der Waals surface area contributed by atoms with E-state index in [9.17, 15) is 9.18 Å². The van der Waals surface area contributed by atoms with Gasteiger partial charge >= 0.3 is 0 Å². The Hall–Kier alpha value is -1.42. The summed E-state index contributed by atoms with van der Waals surface area (Å²) in [6.45, 7) is 2.25. The van der Waals surface area contributed by atoms with Crippen molar-refractivity contribution in [2.75, 3.05) is 6.54 Å². The van der Waals surface area contributed by atoms with Crippen LogP contribution in [0.2, 0.25) is 0 Å². The molecule has 0 aliphatic rings. The van der Waals surface area contributed by atoms with Crippen molar-refractivity contribution in [3.8, 4) is 0 Å². The van der Waals surface area contributed by atoms with Gasteiger partial charge in [-0.3, -0.25) is 4.79 Å². The summed E-state index contributed by atoms with van der Waals surface area (Å²) < 4.78 is 13.4. The Morgan fingerprint density at radius 2 is 2.19 bits per heavy atom. The number of benzene rings is 1. The lowest BCUT2D eigenvalue weighted by Crippen LogP contribution is -2.27. The smallest absolute Gasteiger partial charge is 0.220 e. The van der Waals surface area contributed by atoms with Crippen molar-refractivity contribution in [1.82, 2.24) is 5.32 Å². The Labute approximate surface area is 94.8 Å². The summed E-state index contributed by atoms with van der Waals surface area (Å²) in [7, 11) is 0. The Kier molecular flexibility index (Phi) is 4.92. The van der Waals surface area contributed by atoms with Gasteiger partial charge in [0, 0.05) is 12.0 Å². The molecule has 88 valence electrons.